The number of rotatable bonds is 4. The second-order valence-corrected chi connectivity index (χ2v) is 4.96. The Bertz CT molecular complexity index is 273. The molecule has 0 aliphatic carbocycles. The standard InChI is InChI=1S/C11H22N2O4/c1-7(6-14)12-9(15)8(2)13-10(16)17-11(3,4)5/h7-8,14H,6H2,1-5H3,(H,12,15)(H,13,16)/t7-,8-/m0/s1. The van der Waals surface area contributed by atoms with Gasteiger partial charge in [0.1, 0.15) is 11.6 Å². The van der Waals surface area contributed by atoms with Crippen molar-refractivity contribution in [1.82, 2.24) is 10.6 Å². The van der Waals surface area contributed by atoms with Crippen molar-refractivity contribution >= 4 is 12.0 Å². The SMILES string of the molecule is C[C@H](NC(=O)OC(C)(C)C)C(=O)N[C@@H](C)CO. The summed E-state index contributed by atoms with van der Waals surface area (Å²) in [6.45, 7) is 8.29. The first-order chi connectivity index (χ1) is 7.65. The first kappa shape index (κ1) is 15.7. The minimum Gasteiger partial charge on any atom is -0.444 e. The van der Waals surface area contributed by atoms with E-state index in [2.05, 4.69) is 10.6 Å². The summed E-state index contributed by atoms with van der Waals surface area (Å²) in [5.74, 6) is -0.364. The van der Waals surface area contributed by atoms with Crippen LogP contribution in [0.3, 0.4) is 0 Å². The Morgan fingerprint density at radius 2 is 1.76 bits per heavy atom. The average molecular weight is 246 g/mol. The van der Waals surface area contributed by atoms with Gasteiger partial charge in [-0.25, -0.2) is 4.79 Å². The molecule has 0 aromatic carbocycles. The maximum Gasteiger partial charge on any atom is 0.408 e. The molecular formula is C11H22N2O4. The fraction of sp³-hybridized carbons (Fsp3) is 0.818. The second kappa shape index (κ2) is 6.44. The summed E-state index contributed by atoms with van der Waals surface area (Å²) in [4.78, 5) is 22.9. The van der Waals surface area contributed by atoms with Gasteiger partial charge in [0, 0.05) is 6.04 Å². The number of carbonyl (C=O) groups excluding carboxylic acids is 2. The number of aliphatic hydroxyl groups is 1. The van der Waals surface area contributed by atoms with E-state index in [1.54, 1.807) is 34.6 Å². The molecule has 2 amide bonds. The minimum absolute atomic E-state index is 0.148. The van der Waals surface area contributed by atoms with E-state index in [0.29, 0.717) is 0 Å². The molecule has 0 unspecified atom stereocenters. The van der Waals surface area contributed by atoms with Crippen molar-refractivity contribution in [3.8, 4) is 0 Å². The third kappa shape index (κ3) is 7.57. The largest absolute Gasteiger partial charge is 0.444 e. The molecule has 100 valence electrons. The number of hydrogen-bond donors (Lipinski definition) is 3. The van der Waals surface area contributed by atoms with Gasteiger partial charge in [-0.15, -0.1) is 0 Å². The molecule has 0 aliphatic rings. The van der Waals surface area contributed by atoms with Gasteiger partial charge in [-0.2, -0.15) is 0 Å². The van der Waals surface area contributed by atoms with Gasteiger partial charge in [-0.05, 0) is 34.6 Å². The molecular weight excluding hydrogens is 224 g/mol. The highest BCUT2D eigenvalue weighted by molar-refractivity contribution is 5.85. The zero-order valence-corrected chi connectivity index (χ0v) is 11.0. The zero-order valence-electron chi connectivity index (χ0n) is 11.0. The van der Waals surface area contributed by atoms with Gasteiger partial charge in [0.25, 0.3) is 0 Å². The Hall–Kier alpha value is -1.30. The van der Waals surface area contributed by atoms with Crippen LogP contribution in [0.5, 0.6) is 0 Å². The molecule has 6 nitrogen and oxygen atoms in total. The number of carbonyl (C=O) groups is 2. The number of alkyl carbamates (subject to hydrolysis) is 1. The molecule has 0 radical (unpaired) electrons. The molecule has 0 bridgehead atoms. The smallest absolute Gasteiger partial charge is 0.408 e. The molecule has 2 atom stereocenters. The fourth-order valence-electron chi connectivity index (χ4n) is 0.963. The molecule has 0 aromatic rings. The minimum atomic E-state index is -0.709. The topological polar surface area (TPSA) is 87.7 Å². The third-order valence-electron chi connectivity index (χ3n) is 1.79. The Morgan fingerprint density at radius 1 is 1.24 bits per heavy atom. The fourth-order valence-corrected chi connectivity index (χ4v) is 0.963. The van der Waals surface area contributed by atoms with Crippen molar-refractivity contribution in [1.29, 1.82) is 0 Å². The van der Waals surface area contributed by atoms with Crippen LogP contribution in [0.1, 0.15) is 34.6 Å². The molecule has 0 spiro atoms. The van der Waals surface area contributed by atoms with Crippen LogP contribution >= 0.6 is 0 Å². The zero-order chi connectivity index (χ0) is 13.6. The normalized spacial score (nSPS) is 14.7. The number of amides is 2. The Labute approximate surface area is 102 Å². The third-order valence-corrected chi connectivity index (χ3v) is 1.79. The van der Waals surface area contributed by atoms with Gasteiger partial charge in [0.2, 0.25) is 5.91 Å². The van der Waals surface area contributed by atoms with Crippen LogP contribution in [-0.4, -0.2) is 41.4 Å². The lowest BCUT2D eigenvalue weighted by atomic mass is 10.2. The van der Waals surface area contributed by atoms with Crippen LogP contribution in [0, 0.1) is 0 Å². The number of nitrogens with one attached hydrogen (secondary N) is 2. The van der Waals surface area contributed by atoms with E-state index >= 15 is 0 Å². The predicted octanol–water partition coefficient (Wildman–Crippen LogP) is 0.397. The van der Waals surface area contributed by atoms with Gasteiger partial charge in [0.15, 0.2) is 0 Å². The number of hydrogen-bond acceptors (Lipinski definition) is 4. The Kier molecular flexibility index (Phi) is 5.95. The molecule has 0 heterocycles. The van der Waals surface area contributed by atoms with E-state index in [4.69, 9.17) is 9.84 Å². The van der Waals surface area contributed by atoms with Crippen LogP contribution < -0.4 is 10.6 Å². The predicted molar refractivity (Wildman–Crippen MR) is 63.5 cm³/mol. The maximum atomic E-state index is 11.5. The van der Waals surface area contributed by atoms with Crippen molar-refractivity contribution < 1.29 is 19.4 Å². The van der Waals surface area contributed by atoms with Crippen molar-refractivity contribution in [3.05, 3.63) is 0 Å². The average Bonchev–Trinajstić information content (AvgIpc) is 2.14. The van der Waals surface area contributed by atoms with Crippen molar-refractivity contribution in [2.24, 2.45) is 0 Å². The number of aliphatic hydroxyl groups excluding tert-OH is 1. The van der Waals surface area contributed by atoms with Crippen LogP contribution in [0.4, 0.5) is 4.79 Å². The van der Waals surface area contributed by atoms with E-state index in [1.807, 2.05) is 0 Å². The number of ether oxygens (including phenoxy) is 1. The summed E-state index contributed by atoms with van der Waals surface area (Å²) in [6.07, 6.45) is -0.642. The van der Waals surface area contributed by atoms with Gasteiger partial charge in [-0.3, -0.25) is 4.79 Å². The monoisotopic (exact) mass is 246 g/mol. The molecule has 0 aliphatic heterocycles. The molecule has 0 rings (SSSR count). The molecule has 0 aromatic heterocycles. The van der Waals surface area contributed by atoms with Crippen LogP contribution in [0.2, 0.25) is 0 Å². The van der Waals surface area contributed by atoms with Crippen LogP contribution in [-0.2, 0) is 9.53 Å². The molecule has 0 fully saturated rings. The lowest BCUT2D eigenvalue weighted by Crippen LogP contribution is -2.49. The summed E-state index contributed by atoms with van der Waals surface area (Å²) in [6, 6.07) is -1.05. The van der Waals surface area contributed by atoms with Crippen molar-refractivity contribution in [3.63, 3.8) is 0 Å². The van der Waals surface area contributed by atoms with E-state index in [0.717, 1.165) is 0 Å². The molecule has 3 N–H and O–H groups in total. The van der Waals surface area contributed by atoms with E-state index < -0.39 is 17.7 Å². The summed E-state index contributed by atoms with van der Waals surface area (Å²) in [7, 11) is 0. The molecule has 17 heavy (non-hydrogen) atoms. The summed E-state index contributed by atoms with van der Waals surface area (Å²) < 4.78 is 5.01. The Morgan fingerprint density at radius 3 is 2.18 bits per heavy atom. The van der Waals surface area contributed by atoms with Gasteiger partial charge < -0.3 is 20.5 Å². The van der Waals surface area contributed by atoms with Crippen molar-refractivity contribution in [2.75, 3.05) is 6.61 Å². The highest BCUT2D eigenvalue weighted by Gasteiger charge is 2.21. The van der Waals surface area contributed by atoms with E-state index in [-0.39, 0.29) is 18.6 Å². The van der Waals surface area contributed by atoms with Crippen LogP contribution in [0.15, 0.2) is 0 Å². The lowest BCUT2D eigenvalue weighted by molar-refractivity contribution is -0.123. The maximum absolute atomic E-state index is 11.5. The summed E-state index contributed by atoms with van der Waals surface area (Å²) in [5.41, 5.74) is -0.599. The highest BCUT2D eigenvalue weighted by atomic mass is 16.6. The van der Waals surface area contributed by atoms with Gasteiger partial charge in [-0.1, -0.05) is 0 Å². The Balaban J connectivity index is 4.12. The first-order valence-corrected chi connectivity index (χ1v) is 5.56. The van der Waals surface area contributed by atoms with Crippen LogP contribution in [0.25, 0.3) is 0 Å². The summed E-state index contributed by atoms with van der Waals surface area (Å²) >= 11 is 0. The van der Waals surface area contributed by atoms with Gasteiger partial charge >= 0.3 is 6.09 Å². The molecule has 0 saturated carbocycles. The quantitative estimate of drug-likeness (QED) is 0.670. The summed E-state index contributed by atoms with van der Waals surface area (Å²) in [5, 5.41) is 13.7. The van der Waals surface area contributed by atoms with Crippen molar-refractivity contribution in [2.45, 2.75) is 52.3 Å². The van der Waals surface area contributed by atoms with E-state index in [1.165, 1.54) is 0 Å². The first-order valence-electron chi connectivity index (χ1n) is 5.56. The van der Waals surface area contributed by atoms with E-state index in [9.17, 15) is 9.59 Å². The second-order valence-electron chi connectivity index (χ2n) is 4.96. The molecule has 0 saturated heterocycles. The molecule has 6 heteroatoms. The van der Waals surface area contributed by atoms with Gasteiger partial charge in [0.05, 0.1) is 6.61 Å². The lowest BCUT2D eigenvalue weighted by Gasteiger charge is -2.22. The highest BCUT2D eigenvalue weighted by Crippen LogP contribution is 2.06.